The maximum atomic E-state index is 11.9. The smallest absolute Gasteiger partial charge is 0.337 e. The van der Waals surface area contributed by atoms with Gasteiger partial charge in [-0.1, -0.05) is 26.8 Å². The minimum Gasteiger partial charge on any atom is -0.465 e. The molecule has 0 saturated carbocycles. The minimum absolute atomic E-state index is 0.0867. The molecule has 31 heavy (non-hydrogen) atoms. The zero-order chi connectivity index (χ0) is 22.6. The normalized spacial score (nSPS) is 16.1. The third kappa shape index (κ3) is 6.27. The Balaban J connectivity index is 1.92. The van der Waals surface area contributed by atoms with Crippen LogP contribution in [0.15, 0.2) is 18.2 Å². The molecule has 1 fully saturated rings. The molecule has 0 bridgehead atoms. The van der Waals surface area contributed by atoms with E-state index in [-0.39, 0.29) is 17.4 Å². The van der Waals surface area contributed by atoms with Crippen molar-refractivity contribution in [1.82, 2.24) is 20.3 Å². The first-order valence-electron chi connectivity index (χ1n) is 10.5. The molecule has 0 radical (unpaired) electrons. The first kappa shape index (κ1) is 22.7. The van der Waals surface area contributed by atoms with Gasteiger partial charge in [-0.25, -0.2) is 4.79 Å². The summed E-state index contributed by atoms with van der Waals surface area (Å²) in [5, 5.41) is 10.0. The van der Waals surface area contributed by atoms with Gasteiger partial charge in [0, 0.05) is 31.9 Å². The number of hydrogen-bond acceptors (Lipinski definition) is 9. The molecule has 3 N–H and O–H groups in total. The lowest BCUT2D eigenvalue weighted by Gasteiger charge is -2.27. The van der Waals surface area contributed by atoms with Crippen LogP contribution in [-0.2, 0) is 4.74 Å². The van der Waals surface area contributed by atoms with Crippen LogP contribution in [0.4, 0.5) is 23.5 Å². The third-order valence-electron chi connectivity index (χ3n) is 4.98. The molecule has 1 aromatic carbocycles. The van der Waals surface area contributed by atoms with Crippen molar-refractivity contribution >= 4 is 29.5 Å². The van der Waals surface area contributed by atoms with Crippen LogP contribution in [0.2, 0.25) is 0 Å². The van der Waals surface area contributed by atoms with Crippen LogP contribution in [0.3, 0.4) is 0 Å². The van der Waals surface area contributed by atoms with Crippen molar-refractivity contribution < 1.29 is 9.53 Å². The van der Waals surface area contributed by atoms with Gasteiger partial charge in [-0.2, -0.15) is 15.0 Å². The molecule has 1 atom stereocenters. The topological polar surface area (TPSA) is 104 Å². The van der Waals surface area contributed by atoms with Gasteiger partial charge >= 0.3 is 5.97 Å². The number of aryl methyl sites for hydroxylation is 1. The zero-order valence-electron chi connectivity index (χ0n) is 19.2. The zero-order valence-corrected chi connectivity index (χ0v) is 19.2. The summed E-state index contributed by atoms with van der Waals surface area (Å²) in [6.45, 7) is 11.1. The lowest BCUT2D eigenvalue weighted by atomic mass is 9.96. The second-order valence-electron chi connectivity index (χ2n) is 9.18. The van der Waals surface area contributed by atoms with Gasteiger partial charge in [-0.15, -0.1) is 0 Å². The molecule has 2 heterocycles. The second-order valence-corrected chi connectivity index (χ2v) is 9.18. The lowest BCUT2D eigenvalue weighted by molar-refractivity contribution is 0.0601. The lowest BCUT2D eigenvalue weighted by Crippen LogP contribution is -2.31. The number of esters is 1. The number of carbonyl (C=O) groups is 1. The van der Waals surface area contributed by atoms with Gasteiger partial charge in [0.2, 0.25) is 17.8 Å². The molecule has 0 spiro atoms. The van der Waals surface area contributed by atoms with Gasteiger partial charge in [0.25, 0.3) is 0 Å². The number of benzene rings is 1. The SMILES string of the molecule is COC(=O)c1ccc(C)c(Nc2nc(N[C@H]3CCNC3)nc(N(C)CC(C)(C)C)n2)c1. The molecule has 3 rings (SSSR count). The number of rotatable bonds is 7. The minimum atomic E-state index is -0.389. The predicted octanol–water partition coefficient (Wildman–Crippen LogP) is 2.97. The molecule has 0 unspecified atom stereocenters. The van der Waals surface area contributed by atoms with Crippen LogP contribution >= 0.6 is 0 Å². The van der Waals surface area contributed by atoms with Crippen LogP contribution in [0.5, 0.6) is 0 Å². The Morgan fingerprint density at radius 3 is 2.65 bits per heavy atom. The van der Waals surface area contributed by atoms with E-state index in [0.29, 0.717) is 23.4 Å². The Morgan fingerprint density at radius 2 is 2.00 bits per heavy atom. The summed E-state index contributed by atoms with van der Waals surface area (Å²) in [7, 11) is 3.35. The van der Waals surface area contributed by atoms with Gasteiger partial charge in [0.05, 0.1) is 12.7 Å². The maximum Gasteiger partial charge on any atom is 0.337 e. The summed E-state index contributed by atoms with van der Waals surface area (Å²) >= 11 is 0. The molecule has 9 heteroatoms. The Morgan fingerprint density at radius 1 is 1.26 bits per heavy atom. The van der Waals surface area contributed by atoms with E-state index in [2.05, 4.69) is 51.7 Å². The maximum absolute atomic E-state index is 11.9. The van der Waals surface area contributed by atoms with E-state index in [1.165, 1.54) is 7.11 Å². The highest BCUT2D eigenvalue weighted by Gasteiger charge is 2.20. The molecular formula is C22H33N7O2. The summed E-state index contributed by atoms with van der Waals surface area (Å²) in [4.78, 5) is 27.9. The fraction of sp³-hybridized carbons (Fsp3) is 0.545. The number of aromatic nitrogens is 3. The van der Waals surface area contributed by atoms with Crippen molar-refractivity contribution in [1.29, 1.82) is 0 Å². The highest BCUT2D eigenvalue weighted by atomic mass is 16.5. The number of hydrogen-bond donors (Lipinski definition) is 3. The van der Waals surface area contributed by atoms with Gasteiger partial charge in [-0.3, -0.25) is 0 Å². The van der Waals surface area contributed by atoms with Gasteiger partial charge < -0.3 is 25.6 Å². The molecule has 1 aliphatic heterocycles. The largest absolute Gasteiger partial charge is 0.465 e. The van der Waals surface area contributed by atoms with Crippen molar-refractivity contribution in [2.75, 3.05) is 49.3 Å². The fourth-order valence-electron chi connectivity index (χ4n) is 3.52. The molecule has 1 saturated heterocycles. The molecular weight excluding hydrogens is 394 g/mol. The highest BCUT2D eigenvalue weighted by molar-refractivity contribution is 5.91. The monoisotopic (exact) mass is 427 g/mol. The number of methoxy groups -OCH3 is 1. The van der Waals surface area contributed by atoms with Crippen LogP contribution in [0.25, 0.3) is 0 Å². The summed E-state index contributed by atoms with van der Waals surface area (Å²) in [5.41, 5.74) is 2.26. The predicted molar refractivity (Wildman–Crippen MR) is 123 cm³/mol. The molecule has 0 aliphatic carbocycles. The number of anilines is 4. The van der Waals surface area contributed by atoms with E-state index in [9.17, 15) is 4.79 Å². The van der Waals surface area contributed by atoms with E-state index in [0.717, 1.165) is 37.3 Å². The standard InChI is InChI=1S/C22H33N7O2/c1-14-7-8-15(18(30)31-6)11-17(14)25-20-26-19(24-16-9-10-23-12-16)27-21(28-20)29(5)13-22(2,3)4/h7-8,11,16,23H,9-10,12-13H2,1-6H3,(H2,24,25,26,27,28)/t16-/m0/s1. The van der Waals surface area contributed by atoms with E-state index in [1.54, 1.807) is 12.1 Å². The average Bonchev–Trinajstić information content (AvgIpc) is 3.20. The van der Waals surface area contributed by atoms with E-state index >= 15 is 0 Å². The second kappa shape index (κ2) is 9.47. The van der Waals surface area contributed by atoms with E-state index in [4.69, 9.17) is 4.74 Å². The quantitative estimate of drug-likeness (QED) is 0.575. The van der Waals surface area contributed by atoms with Crippen molar-refractivity contribution in [3.8, 4) is 0 Å². The molecule has 1 aromatic heterocycles. The molecule has 1 aliphatic rings. The summed E-state index contributed by atoms with van der Waals surface area (Å²) in [6.07, 6.45) is 1.02. The first-order chi connectivity index (χ1) is 14.6. The van der Waals surface area contributed by atoms with Crippen molar-refractivity contribution in [3.05, 3.63) is 29.3 Å². The molecule has 168 valence electrons. The van der Waals surface area contributed by atoms with Crippen LogP contribution in [0.1, 0.15) is 43.1 Å². The van der Waals surface area contributed by atoms with Gasteiger partial charge in [0.15, 0.2) is 0 Å². The number of ether oxygens (including phenoxy) is 1. The Labute approximate surface area is 184 Å². The Hall–Kier alpha value is -2.94. The number of nitrogens with one attached hydrogen (secondary N) is 3. The van der Waals surface area contributed by atoms with Gasteiger partial charge in [-0.05, 0) is 43.0 Å². The third-order valence-corrected chi connectivity index (χ3v) is 4.98. The molecule has 0 amide bonds. The number of nitrogens with zero attached hydrogens (tertiary/aromatic N) is 4. The van der Waals surface area contributed by atoms with Crippen molar-refractivity contribution in [2.45, 2.75) is 40.2 Å². The summed E-state index contributed by atoms with van der Waals surface area (Å²) < 4.78 is 4.84. The molecule has 2 aromatic rings. The average molecular weight is 428 g/mol. The summed E-state index contributed by atoms with van der Waals surface area (Å²) in [6, 6.07) is 5.63. The first-order valence-corrected chi connectivity index (χ1v) is 10.5. The molecule has 9 nitrogen and oxygen atoms in total. The van der Waals surface area contributed by atoms with E-state index < -0.39 is 0 Å². The van der Waals surface area contributed by atoms with Crippen molar-refractivity contribution in [2.24, 2.45) is 5.41 Å². The van der Waals surface area contributed by atoms with Crippen molar-refractivity contribution in [3.63, 3.8) is 0 Å². The number of carbonyl (C=O) groups excluding carboxylic acids is 1. The van der Waals surface area contributed by atoms with Crippen LogP contribution in [-0.4, -0.2) is 60.8 Å². The fourth-order valence-corrected chi connectivity index (χ4v) is 3.52. The van der Waals surface area contributed by atoms with Crippen LogP contribution < -0.4 is 20.9 Å². The Bertz CT molecular complexity index is 921. The van der Waals surface area contributed by atoms with E-state index in [1.807, 2.05) is 24.9 Å². The highest BCUT2D eigenvalue weighted by Crippen LogP contribution is 2.24. The summed E-state index contributed by atoms with van der Waals surface area (Å²) in [5.74, 6) is 1.15. The Kier molecular flexibility index (Phi) is 6.94. The van der Waals surface area contributed by atoms with Crippen LogP contribution in [0, 0.1) is 12.3 Å². The van der Waals surface area contributed by atoms with Gasteiger partial charge in [0.1, 0.15) is 0 Å².